The first-order chi connectivity index (χ1) is 9.05. The van der Waals surface area contributed by atoms with Crippen LogP contribution in [-0.2, 0) is 4.74 Å². The third-order valence-corrected chi connectivity index (χ3v) is 3.08. The van der Waals surface area contributed by atoms with Crippen LogP contribution in [0.4, 0.5) is 30.7 Å². The molecule has 20 heavy (non-hydrogen) atoms. The number of alkyl halides is 7. The summed E-state index contributed by atoms with van der Waals surface area (Å²) >= 11 is 1.60. The van der Waals surface area contributed by atoms with E-state index in [1.165, 1.54) is 0 Å². The lowest BCUT2D eigenvalue weighted by Gasteiger charge is -2.27. The van der Waals surface area contributed by atoms with E-state index in [0.717, 1.165) is 24.3 Å². The Hall–Kier alpha value is -0.580. The molecule has 1 rings (SSSR count). The first-order valence-electron chi connectivity index (χ1n) is 5.16. The topological polar surface area (TPSA) is 9.23 Å². The molecule has 0 aliphatic heterocycles. The van der Waals surface area contributed by atoms with Crippen LogP contribution in [0.15, 0.2) is 24.3 Å². The summed E-state index contributed by atoms with van der Waals surface area (Å²) in [6, 6.07) is 4.05. The Bertz CT molecular complexity index is 412. The molecule has 114 valence electrons. The number of hydrogen-bond acceptors (Lipinski definition) is 1. The summed E-state index contributed by atoms with van der Waals surface area (Å²) in [4.78, 5) is 0. The molecule has 0 radical (unpaired) electrons. The predicted octanol–water partition coefficient (Wildman–Crippen LogP) is 4.81. The summed E-state index contributed by atoms with van der Waals surface area (Å²) in [5, 5.41) is 0. The zero-order valence-corrected chi connectivity index (χ0v) is 11.8. The minimum Gasteiger partial charge on any atom is -0.352 e. The fourth-order valence-corrected chi connectivity index (χ4v) is 2.10. The van der Waals surface area contributed by atoms with Crippen LogP contribution in [0.25, 0.3) is 0 Å². The van der Waals surface area contributed by atoms with Crippen LogP contribution in [0.5, 0.6) is 0 Å². The number of hydrogen-bond donors (Lipinski definition) is 0. The molecule has 0 saturated heterocycles. The molecule has 0 fully saturated rings. The van der Waals surface area contributed by atoms with Crippen molar-refractivity contribution in [3.63, 3.8) is 0 Å². The van der Waals surface area contributed by atoms with Crippen LogP contribution >= 0.6 is 22.6 Å². The van der Waals surface area contributed by atoms with Crippen LogP contribution in [0, 0.1) is 5.82 Å². The molecule has 1 aromatic carbocycles. The summed E-state index contributed by atoms with van der Waals surface area (Å²) in [5.74, 6) is -0.649. The molecule has 1 aromatic rings. The Morgan fingerprint density at radius 1 is 0.950 bits per heavy atom. The molecule has 0 aliphatic rings. The molecule has 0 N–H and O–H groups in total. The lowest BCUT2D eigenvalue weighted by molar-refractivity contribution is -0.330. The second kappa shape index (κ2) is 6.46. The average Bonchev–Trinajstić information content (AvgIpc) is 2.28. The molecular weight excluding hydrogens is 408 g/mol. The predicted molar refractivity (Wildman–Crippen MR) is 65.0 cm³/mol. The van der Waals surface area contributed by atoms with Crippen molar-refractivity contribution in [2.45, 2.75) is 24.6 Å². The zero-order valence-electron chi connectivity index (χ0n) is 9.60. The van der Waals surface area contributed by atoms with Gasteiger partial charge in [0.05, 0.1) is 6.10 Å². The van der Waals surface area contributed by atoms with E-state index in [1.54, 1.807) is 22.6 Å². The van der Waals surface area contributed by atoms with E-state index in [-0.39, 0.29) is 9.99 Å². The summed E-state index contributed by atoms with van der Waals surface area (Å²) < 4.78 is 91.0. The molecule has 0 saturated carbocycles. The van der Waals surface area contributed by atoms with E-state index in [9.17, 15) is 30.7 Å². The van der Waals surface area contributed by atoms with E-state index in [0.29, 0.717) is 0 Å². The van der Waals surface area contributed by atoms with Crippen molar-refractivity contribution in [2.24, 2.45) is 0 Å². The minimum atomic E-state index is -5.57. The monoisotopic (exact) mass is 416 g/mol. The molecule has 0 amide bonds. The largest absolute Gasteiger partial charge is 0.423 e. The average molecular weight is 416 g/mol. The number of benzene rings is 1. The molecule has 0 spiro atoms. The van der Waals surface area contributed by atoms with Crippen molar-refractivity contribution >= 4 is 22.6 Å². The van der Waals surface area contributed by atoms with Gasteiger partial charge in [-0.05, 0) is 17.7 Å². The van der Waals surface area contributed by atoms with Crippen molar-refractivity contribution < 1.29 is 35.5 Å². The molecule has 0 bridgehead atoms. The first kappa shape index (κ1) is 17.5. The van der Waals surface area contributed by atoms with Crippen LogP contribution in [0.1, 0.15) is 11.7 Å². The lowest BCUT2D eigenvalue weighted by Crippen LogP contribution is -2.45. The Labute approximate surface area is 123 Å². The van der Waals surface area contributed by atoms with Crippen molar-refractivity contribution in [1.29, 1.82) is 0 Å². The Kier molecular flexibility index (Phi) is 5.64. The van der Waals surface area contributed by atoms with Gasteiger partial charge in [0.2, 0.25) is 6.10 Å². The highest BCUT2D eigenvalue weighted by molar-refractivity contribution is 14.1. The van der Waals surface area contributed by atoms with Crippen molar-refractivity contribution in [3.05, 3.63) is 35.6 Å². The minimum absolute atomic E-state index is 0.0410. The quantitative estimate of drug-likeness (QED) is 0.389. The maximum atomic E-state index is 12.7. The summed E-state index contributed by atoms with van der Waals surface area (Å²) in [6.07, 6.45) is -16.4. The number of rotatable bonds is 4. The van der Waals surface area contributed by atoms with Gasteiger partial charge in [-0.25, -0.2) is 4.39 Å². The normalized spacial score (nSPS) is 14.7. The standard InChI is InChI=1S/C11H8F7IO/c12-7-3-1-6(2-4-7)8(5-19)20-9(10(13,14)15)11(16,17)18/h1-4,8-9H,5H2. The van der Waals surface area contributed by atoms with Crippen molar-refractivity contribution in [3.8, 4) is 0 Å². The van der Waals surface area contributed by atoms with Crippen LogP contribution in [0.2, 0.25) is 0 Å². The van der Waals surface area contributed by atoms with Gasteiger partial charge in [0.15, 0.2) is 0 Å². The highest BCUT2D eigenvalue weighted by Crippen LogP contribution is 2.39. The molecular formula is C11H8F7IO. The Balaban J connectivity index is 2.98. The van der Waals surface area contributed by atoms with Gasteiger partial charge in [-0.15, -0.1) is 0 Å². The lowest BCUT2D eigenvalue weighted by atomic mass is 10.1. The van der Waals surface area contributed by atoms with Gasteiger partial charge in [-0.1, -0.05) is 34.7 Å². The zero-order chi connectivity index (χ0) is 15.6. The summed E-state index contributed by atoms with van der Waals surface area (Å²) in [7, 11) is 0. The van der Waals surface area contributed by atoms with Gasteiger partial charge in [-0.2, -0.15) is 26.3 Å². The van der Waals surface area contributed by atoms with Gasteiger partial charge in [0.1, 0.15) is 5.82 Å². The van der Waals surface area contributed by atoms with E-state index in [4.69, 9.17) is 0 Å². The number of halogens is 8. The first-order valence-corrected chi connectivity index (χ1v) is 6.68. The highest BCUT2D eigenvalue weighted by Gasteiger charge is 2.58. The van der Waals surface area contributed by atoms with E-state index in [2.05, 4.69) is 4.74 Å². The third kappa shape index (κ3) is 4.76. The molecule has 0 aliphatic carbocycles. The fourth-order valence-electron chi connectivity index (χ4n) is 1.39. The Morgan fingerprint density at radius 3 is 1.75 bits per heavy atom. The third-order valence-electron chi connectivity index (χ3n) is 2.28. The highest BCUT2D eigenvalue weighted by atomic mass is 127. The fraction of sp³-hybridized carbons (Fsp3) is 0.455. The molecule has 1 atom stereocenters. The molecule has 1 unspecified atom stereocenters. The van der Waals surface area contributed by atoms with Gasteiger partial charge >= 0.3 is 12.4 Å². The smallest absolute Gasteiger partial charge is 0.352 e. The second-order valence-corrected chi connectivity index (χ2v) is 4.67. The van der Waals surface area contributed by atoms with Crippen molar-refractivity contribution in [2.75, 3.05) is 4.43 Å². The summed E-state index contributed by atoms with van der Waals surface area (Å²) in [6.45, 7) is 0. The molecule has 0 aromatic heterocycles. The van der Waals surface area contributed by atoms with Crippen LogP contribution < -0.4 is 0 Å². The van der Waals surface area contributed by atoms with Crippen LogP contribution in [0.3, 0.4) is 0 Å². The number of ether oxygens (including phenoxy) is 1. The maximum absolute atomic E-state index is 12.7. The van der Waals surface area contributed by atoms with E-state index in [1.807, 2.05) is 0 Å². The van der Waals surface area contributed by atoms with Gasteiger partial charge in [0, 0.05) is 4.43 Å². The van der Waals surface area contributed by atoms with Gasteiger partial charge in [0.25, 0.3) is 0 Å². The molecule has 1 nitrogen and oxygen atoms in total. The van der Waals surface area contributed by atoms with E-state index >= 15 is 0 Å². The SMILES string of the molecule is Fc1ccc(C(CI)OC(C(F)(F)F)C(F)(F)F)cc1. The van der Waals surface area contributed by atoms with Crippen LogP contribution in [-0.4, -0.2) is 22.9 Å². The van der Waals surface area contributed by atoms with Gasteiger partial charge < -0.3 is 4.74 Å². The van der Waals surface area contributed by atoms with E-state index < -0.39 is 30.4 Å². The maximum Gasteiger partial charge on any atom is 0.423 e. The summed E-state index contributed by atoms with van der Waals surface area (Å²) in [5.41, 5.74) is 0.0410. The van der Waals surface area contributed by atoms with Gasteiger partial charge in [-0.3, -0.25) is 0 Å². The molecule has 0 heterocycles. The second-order valence-electron chi connectivity index (χ2n) is 3.79. The van der Waals surface area contributed by atoms with Crippen molar-refractivity contribution in [1.82, 2.24) is 0 Å². The Morgan fingerprint density at radius 2 is 1.40 bits per heavy atom. The molecule has 9 heteroatoms.